The van der Waals surface area contributed by atoms with Gasteiger partial charge in [0.25, 0.3) is 0 Å². The minimum absolute atomic E-state index is 0.0858. The molecule has 0 unspecified atom stereocenters. The molecule has 6 heteroatoms. The molecule has 1 aromatic heterocycles. The second kappa shape index (κ2) is 10.5. The smallest absolute Gasteiger partial charge is 0.228 e. The number of ether oxygens (including phenoxy) is 2. The lowest BCUT2D eigenvalue weighted by molar-refractivity contribution is -0.115. The highest BCUT2D eigenvalue weighted by Gasteiger charge is 2.10. The summed E-state index contributed by atoms with van der Waals surface area (Å²) in [6, 6.07) is 24.9. The molecule has 0 saturated heterocycles. The fraction of sp³-hybridized carbons (Fsp3) is 0.185. The summed E-state index contributed by atoms with van der Waals surface area (Å²) in [5.41, 5.74) is 4.52. The summed E-state index contributed by atoms with van der Waals surface area (Å²) in [5, 5.41) is 6.85. The van der Waals surface area contributed by atoms with E-state index in [4.69, 9.17) is 14.0 Å². The van der Waals surface area contributed by atoms with E-state index in [1.54, 1.807) is 0 Å². The van der Waals surface area contributed by atoms with E-state index in [2.05, 4.69) is 10.5 Å². The lowest BCUT2D eigenvalue weighted by Gasteiger charge is -2.09. The molecule has 0 aliphatic rings. The molecule has 0 fully saturated rings. The Labute approximate surface area is 193 Å². The lowest BCUT2D eigenvalue weighted by atomic mass is 10.1. The van der Waals surface area contributed by atoms with E-state index < -0.39 is 0 Å². The zero-order valence-corrected chi connectivity index (χ0v) is 18.7. The van der Waals surface area contributed by atoms with E-state index >= 15 is 0 Å². The van der Waals surface area contributed by atoms with Crippen LogP contribution in [0.3, 0.4) is 0 Å². The predicted octanol–water partition coefficient (Wildman–Crippen LogP) is 5.63. The van der Waals surface area contributed by atoms with Crippen LogP contribution in [0, 0.1) is 13.8 Å². The molecule has 33 heavy (non-hydrogen) atoms. The quantitative estimate of drug-likeness (QED) is 0.364. The fourth-order valence-electron chi connectivity index (χ4n) is 3.33. The Bertz CT molecular complexity index is 1160. The summed E-state index contributed by atoms with van der Waals surface area (Å²) in [7, 11) is 0. The fourth-order valence-corrected chi connectivity index (χ4v) is 3.33. The van der Waals surface area contributed by atoms with Gasteiger partial charge in [-0.1, -0.05) is 47.6 Å². The molecule has 0 saturated carbocycles. The van der Waals surface area contributed by atoms with Crippen LogP contribution in [-0.4, -0.2) is 11.1 Å². The van der Waals surface area contributed by atoms with Crippen LogP contribution in [0.5, 0.6) is 11.5 Å². The van der Waals surface area contributed by atoms with Gasteiger partial charge in [0, 0.05) is 5.69 Å². The normalized spacial score (nSPS) is 10.6. The predicted molar refractivity (Wildman–Crippen MR) is 126 cm³/mol. The molecule has 0 radical (unpaired) electrons. The Hall–Kier alpha value is -4.06. The van der Waals surface area contributed by atoms with Crippen LogP contribution in [0.25, 0.3) is 0 Å². The average Bonchev–Trinajstić information content (AvgIpc) is 3.16. The number of anilines is 1. The van der Waals surface area contributed by atoms with Crippen LogP contribution in [0.1, 0.15) is 28.1 Å². The Morgan fingerprint density at radius 2 is 1.45 bits per heavy atom. The highest BCUT2D eigenvalue weighted by molar-refractivity contribution is 5.92. The van der Waals surface area contributed by atoms with Gasteiger partial charge >= 0.3 is 0 Å². The van der Waals surface area contributed by atoms with E-state index in [0.717, 1.165) is 45.3 Å². The Kier molecular flexibility index (Phi) is 7.05. The SMILES string of the molecule is Cc1noc(C)c1COc1ccc(CC(=O)Nc2ccc(OCc3ccccc3)cc2)cc1. The first-order chi connectivity index (χ1) is 16.1. The van der Waals surface area contributed by atoms with Gasteiger partial charge in [-0.25, -0.2) is 0 Å². The molecule has 3 aromatic carbocycles. The number of carbonyl (C=O) groups excluding carboxylic acids is 1. The van der Waals surface area contributed by atoms with Crippen molar-refractivity contribution in [1.82, 2.24) is 5.16 Å². The molecule has 0 spiro atoms. The van der Waals surface area contributed by atoms with Gasteiger partial charge in [0.2, 0.25) is 5.91 Å². The van der Waals surface area contributed by atoms with Gasteiger partial charge in [-0.2, -0.15) is 0 Å². The van der Waals surface area contributed by atoms with Crippen molar-refractivity contribution in [3.63, 3.8) is 0 Å². The zero-order chi connectivity index (χ0) is 23.0. The van der Waals surface area contributed by atoms with Gasteiger partial charge in [-0.3, -0.25) is 4.79 Å². The molecular weight excluding hydrogens is 416 g/mol. The molecule has 4 aromatic rings. The molecule has 1 heterocycles. The molecule has 4 rings (SSSR count). The van der Waals surface area contributed by atoms with Crippen LogP contribution < -0.4 is 14.8 Å². The first-order valence-corrected chi connectivity index (χ1v) is 10.8. The van der Waals surface area contributed by atoms with Gasteiger partial charge < -0.3 is 19.3 Å². The van der Waals surface area contributed by atoms with Gasteiger partial charge in [-0.05, 0) is 61.4 Å². The third-order valence-corrected chi connectivity index (χ3v) is 5.24. The number of hydrogen-bond donors (Lipinski definition) is 1. The molecule has 0 aliphatic heterocycles. The van der Waals surface area contributed by atoms with Crippen molar-refractivity contribution in [1.29, 1.82) is 0 Å². The molecule has 0 bridgehead atoms. The molecule has 0 atom stereocenters. The topological polar surface area (TPSA) is 73.6 Å². The molecule has 168 valence electrons. The number of rotatable bonds is 9. The first-order valence-electron chi connectivity index (χ1n) is 10.8. The summed E-state index contributed by atoms with van der Waals surface area (Å²) in [4.78, 5) is 12.4. The van der Waals surface area contributed by atoms with Crippen LogP contribution >= 0.6 is 0 Å². The van der Waals surface area contributed by atoms with Crippen molar-refractivity contribution in [3.05, 3.63) is 107 Å². The van der Waals surface area contributed by atoms with E-state index in [1.165, 1.54) is 0 Å². The highest BCUT2D eigenvalue weighted by Crippen LogP contribution is 2.20. The van der Waals surface area contributed by atoms with E-state index in [1.807, 2.05) is 92.7 Å². The van der Waals surface area contributed by atoms with Crippen molar-refractivity contribution >= 4 is 11.6 Å². The van der Waals surface area contributed by atoms with E-state index in [9.17, 15) is 4.79 Å². The third-order valence-electron chi connectivity index (χ3n) is 5.24. The number of benzene rings is 3. The minimum Gasteiger partial charge on any atom is -0.489 e. The maximum Gasteiger partial charge on any atom is 0.228 e. The maximum atomic E-state index is 12.4. The largest absolute Gasteiger partial charge is 0.489 e. The number of carbonyl (C=O) groups is 1. The van der Waals surface area contributed by atoms with Crippen molar-refractivity contribution in [2.24, 2.45) is 0 Å². The second-order valence-electron chi connectivity index (χ2n) is 7.76. The van der Waals surface area contributed by atoms with Gasteiger partial charge in [0.1, 0.15) is 30.5 Å². The monoisotopic (exact) mass is 442 g/mol. The van der Waals surface area contributed by atoms with Gasteiger partial charge in [0.15, 0.2) is 0 Å². The molecule has 6 nitrogen and oxygen atoms in total. The zero-order valence-electron chi connectivity index (χ0n) is 18.7. The molecule has 0 aliphatic carbocycles. The standard InChI is InChI=1S/C27H26N2O4/c1-19-26(20(2)33-29-19)18-32-24-12-8-21(9-13-24)16-27(30)28-23-10-14-25(15-11-23)31-17-22-6-4-3-5-7-22/h3-15H,16-18H2,1-2H3,(H,28,30). The number of nitrogens with zero attached hydrogens (tertiary/aromatic N) is 1. The summed E-state index contributed by atoms with van der Waals surface area (Å²) in [6.07, 6.45) is 0.274. The number of nitrogens with one attached hydrogen (secondary N) is 1. The molecule has 1 amide bonds. The third kappa shape index (κ3) is 6.23. The van der Waals surface area contributed by atoms with Crippen molar-refractivity contribution in [2.45, 2.75) is 33.5 Å². The first kappa shape index (κ1) is 22.1. The Balaban J connectivity index is 1.24. The van der Waals surface area contributed by atoms with Crippen LogP contribution in [0.2, 0.25) is 0 Å². The average molecular weight is 443 g/mol. The van der Waals surface area contributed by atoms with Crippen LogP contribution in [0.15, 0.2) is 83.4 Å². The number of hydrogen-bond acceptors (Lipinski definition) is 5. The maximum absolute atomic E-state index is 12.4. The summed E-state index contributed by atoms with van der Waals surface area (Å²) < 4.78 is 16.7. The summed E-state index contributed by atoms with van der Waals surface area (Å²) >= 11 is 0. The van der Waals surface area contributed by atoms with Crippen LogP contribution in [0.4, 0.5) is 5.69 Å². The van der Waals surface area contributed by atoms with Gasteiger partial charge in [0.05, 0.1) is 17.7 Å². The Morgan fingerprint density at radius 3 is 2.09 bits per heavy atom. The number of amides is 1. The number of aryl methyl sites for hydroxylation is 2. The van der Waals surface area contributed by atoms with Crippen molar-refractivity contribution in [2.75, 3.05) is 5.32 Å². The van der Waals surface area contributed by atoms with E-state index in [0.29, 0.717) is 13.2 Å². The second-order valence-corrected chi connectivity index (χ2v) is 7.76. The minimum atomic E-state index is -0.0858. The number of aromatic nitrogens is 1. The highest BCUT2D eigenvalue weighted by atomic mass is 16.5. The Morgan fingerprint density at radius 1 is 0.818 bits per heavy atom. The van der Waals surface area contributed by atoms with Crippen LogP contribution in [-0.2, 0) is 24.4 Å². The molecular formula is C27H26N2O4. The summed E-state index contributed by atoms with van der Waals surface area (Å²) in [6.45, 7) is 4.66. The van der Waals surface area contributed by atoms with Crippen molar-refractivity contribution in [3.8, 4) is 11.5 Å². The lowest BCUT2D eigenvalue weighted by Crippen LogP contribution is -2.14. The van der Waals surface area contributed by atoms with E-state index in [-0.39, 0.29) is 12.3 Å². The molecule has 1 N–H and O–H groups in total. The van der Waals surface area contributed by atoms with Gasteiger partial charge in [-0.15, -0.1) is 0 Å². The summed E-state index contributed by atoms with van der Waals surface area (Å²) in [5.74, 6) is 2.16. The van der Waals surface area contributed by atoms with Crippen molar-refractivity contribution < 1.29 is 18.8 Å².